The molecule has 1 aliphatic heterocycles. The Bertz CT molecular complexity index is 890. The molecule has 1 fully saturated rings. The monoisotopic (exact) mass is 380 g/mol. The Morgan fingerprint density at radius 3 is 2.54 bits per heavy atom. The van der Waals surface area contributed by atoms with Gasteiger partial charge in [-0.25, -0.2) is 0 Å². The number of nitrogens with zero attached hydrogens (tertiary/aromatic N) is 1. The molecule has 1 heterocycles. The largest absolute Gasteiger partial charge is 0.493 e. The molecule has 6 nitrogen and oxygen atoms in total. The highest BCUT2D eigenvalue weighted by Gasteiger charge is 2.21. The number of ether oxygens (including phenoxy) is 2. The van der Waals surface area contributed by atoms with Gasteiger partial charge < -0.3 is 19.7 Å². The second-order valence-electron chi connectivity index (χ2n) is 6.51. The van der Waals surface area contributed by atoms with Gasteiger partial charge >= 0.3 is 0 Å². The first-order chi connectivity index (χ1) is 13.6. The Hall–Kier alpha value is -3.28. The van der Waals surface area contributed by atoms with E-state index in [2.05, 4.69) is 11.9 Å². The van der Waals surface area contributed by atoms with Gasteiger partial charge in [0, 0.05) is 35.5 Å². The molecule has 1 N–H and O–H groups in total. The molecule has 28 heavy (non-hydrogen) atoms. The minimum atomic E-state index is -0.253. The minimum absolute atomic E-state index is 0.136. The third-order valence-electron chi connectivity index (χ3n) is 4.69. The van der Waals surface area contributed by atoms with Gasteiger partial charge in [0.15, 0.2) is 11.5 Å². The highest BCUT2D eigenvalue weighted by atomic mass is 16.5. The number of rotatable bonds is 7. The van der Waals surface area contributed by atoms with E-state index >= 15 is 0 Å². The van der Waals surface area contributed by atoms with Crippen molar-refractivity contribution >= 4 is 23.2 Å². The van der Waals surface area contributed by atoms with E-state index in [-0.39, 0.29) is 11.8 Å². The number of nitrogens with one attached hydrogen (secondary N) is 1. The zero-order chi connectivity index (χ0) is 20.1. The van der Waals surface area contributed by atoms with E-state index in [1.807, 2.05) is 12.1 Å². The van der Waals surface area contributed by atoms with E-state index in [0.29, 0.717) is 35.6 Å². The number of carbonyl (C=O) groups excluding carboxylic acids is 2. The maximum Gasteiger partial charge on any atom is 0.255 e. The van der Waals surface area contributed by atoms with Crippen LogP contribution in [0.4, 0.5) is 11.4 Å². The second kappa shape index (κ2) is 8.61. The van der Waals surface area contributed by atoms with Gasteiger partial charge in [-0.15, -0.1) is 6.58 Å². The molecule has 0 radical (unpaired) electrons. The Morgan fingerprint density at radius 1 is 1.21 bits per heavy atom. The van der Waals surface area contributed by atoms with Crippen LogP contribution in [0.3, 0.4) is 0 Å². The summed E-state index contributed by atoms with van der Waals surface area (Å²) in [5, 5.41) is 2.88. The summed E-state index contributed by atoms with van der Waals surface area (Å²) in [5.41, 5.74) is 2.79. The van der Waals surface area contributed by atoms with E-state index in [1.165, 1.54) is 7.11 Å². The molecule has 0 aromatic heterocycles. The van der Waals surface area contributed by atoms with Crippen molar-refractivity contribution < 1.29 is 19.1 Å². The first-order valence-electron chi connectivity index (χ1n) is 9.15. The van der Waals surface area contributed by atoms with Gasteiger partial charge in [0.05, 0.1) is 14.2 Å². The van der Waals surface area contributed by atoms with E-state index in [4.69, 9.17) is 9.47 Å². The van der Waals surface area contributed by atoms with Gasteiger partial charge in [0.25, 0.3) is 5.91 Å². The molecule has 0 aliphatic carbocycles. The van der Waals surface area contributed by atoms with Crippen molar-refractivity contribution in [1.29, 1.82) is 0 Å². The predicted octanol–water partition coefficient (Wildman–Crippen LogP) is 3.81. The molecular formula is C22H24N2O4. The van der Waals surface area contributed by atoms with Gasteiger partial charge in [-0.2, -0.15) is 0 Å². The average Bonchev–Trinajstić information content (AvgIpc) is 3.14. The quantitative estimate of drug-likeness (QED) is 0.742. The molecule has 2 amide bonds. The summed E-state index contributed by atoms with van der Waals surface area (Å²) in [6.07, 6.45) is 3.77. The predicted molar refractivity (Wildman–Crippen MR) is 109 cm³/mol. The number of hydrogen-bond acceptors (Lipinski definition) is 4. The molecule has 3 rings (SSSR count). The summed E-state index contributed by atoms with van der Waals surface area (Å²) >= 11 is 0. The molecule has 2 aromatic carbocycles. The summed E-state index contributed by atoms with van der Waals surface area (Å²) in [6.45, 7) is 4.49. The number of anilines is 2. The Labute approximate surface area is 164 Å². The van der Waals surface area contributed by atoms with E-state index in [0.717, 1.165) is 24.2 Å². The molecule has 1 aliphatic rings. The van der Waals surface area contributed by atoms with Crippen molar-refractivity contribution in [2.45, 2.75) is 19.3 Å². The zero-order valence-corrected chi connectivity index (χ0v) is 16.2. The highest BCUT2D eigenvalue weighted by molar-refractivity contribution is 6.05. The van der Waals surface area contributed by atoms with Crippen molar-refractivity contribution in [3.8, 4) is 11.5 Å². The lowest BCUT2D eigenvalue weighted by molar-refractivity contribution is -0.117. The highest BCUT2D eigenvalue weighted by Crippen LogP contribution is 2.33. The Morgan fingerprint density at radius 2 is 1.96 bits per heavy atom. The zero-order valence-electron chi connectivity index (χ0n) is 16.2. The van der Waals surface area contributed by atoms with Gasteiger partial charge in [0.1, 0.15) is 0 Å². The topological polar surface area (TPSA) is 67.9 Å². The van der Waals surface area contributed by atoms with Crippen molar-refractivity contribution in [1.82, 2.24) is 0 Å². The second-order valence-corrected chi connectivity index (χ2v) is 6.51. The fourth-order valence-corrected chi connectivity index (χ4v) is 3.33. The number of benzene rings is 2. The molecule has 6 heteroatoms. The van der Waals surface area contributed by atoms with Gasteiger partial charge in [-0.1, -0.05) is 6.08 Å². The Balaban J connectivity index is 1.79. The van der Waals surface area contributed by atoms with Gasteiger partial charge in [-0.3, -0.25) is 9.59 Å². The van der Waals surface area contributed by atoms with Gasteiger partial charge in [-0.05, 0) is 49.2 Å². The normalized spacial score (nSPS) is 13.4. The summed E-state index contributed by atoms with van der Waals surface area (Å²) in [4.78, 5) is 26.3. The summed E-state index contributed by atoms with van der Waals surface area (Å²) < 4.78 is 10.8. The third kappa shape index (κ3) is 4.01. The standard InChI is InChI=1S/C22H24N2O4/c1-4-6-15-13-16(14-19(27-2)21(15)28-3)22(26)23-17-8-10-18(11-9-17)24-12-5-7-20(24)25/h4,8-11,13-14H,1,5-7,12H2,2-3H3,(H,23,26). The number of hydrogen-bond donors (Lipinski definition) is 1. The van der Waals surface area contributed by atoms with Crippen LogP contribution in [0.25, 0.3) is 0 Å². The molecule has 1 saturated heterocycles. The van der Waals surface area contributed by atoms with Crippen LogP contribution in [-0.2, 0) is 11.2 Å². The SMILES string of the molecule is C=CCc1cc(C(=O)Nc2ccc(N3CCCC3=O)cc2)cc(OC)c1OC. The minimum Gasteiger partial charge on any atom is -0.493 e. The summed E-state index contributed by atoms with van der Waals surface area (Å²) in [6, 6.07) is 10.7. The number of amides is 2. The third-order valence-corrected chi connectivity index (χ3v) is 4.69. The first-order valence-corrected chi connectivity index (χ1v) is 9.15. The van der Waals surface area contributed by atoms with Crippen LogP contribution >= 0.6 is 0 Å². The summed E-state index contributed by atoms with van der Waals surface area (Å²) in [7, 11) is 3.10. The van der Waals surface area contributed by atoms with Crippen molar-refractivity contribution in [2.24, 2.45) is 0 Å². The van der Waals surface area contributed by atoms with Crippen LogP contribution in [-0.4, -0.2) is 32.6 Å². The lowest BCUT2D eigenvalue weighted by atomic mass is 10.0. The molecule has 0 saturated carbocycles. The summed E-state index contributed by atoms with van der Waals surface area (Å²) in [5.74, 6) is 0.974. The van der Waals surface area contributed by atoms with Crippen molar-refractivity contribution in [3.05, 3.63) is 60.2 Å². The molecule has 0 atom stereocenters. The van der Waals surface area contributed by atoms with Crippen LogP contribution in [0.15, 0.2) is 49.1 Å². The van der Waals surface area contributed by atoms with E-state index in [1.54, 1.807) is 42.4 Å². The maximum absolute atomic E-state index is 12.7. The molecule has 0 spiro atoms. The lowest BCUT2D eigenvalue weighted by Crippen LogP contribution is -2.23. The fraction of sp³-hybridized carbons (Fsp3) is 0.273. The molecule has 146 valence electrons. The van der Waals surface area contributed by atoms with Crippen molar-refractivity contribution in [3.63, 3.8) is 0 Å². The van der Waals surface area contributed by atoms with E-state index < -0.39 is 0 Å². The number of methoxy groups -OCH3 is 2. The molecule has 0 bridgehead atoms. The van der Waals surface area contributed by atoms with Gasteiger partial charge in [0.2, 0.25) is 5.91 Å². The number of allylic oxidation sites excluding steroid dienone is 1. The maximum atomic E-state index is 12.7. The van der Waals surface area contributed by atoms with E-state index in [9.17, 15) is 9.59 Å². The molecule has 0 unspecified atom stereocenters. The van der Waals surface area contributed by atoms with Crippen LogP contribution in [0.5, 0.6) is 11.5 Å². The van der Waals surface area contributed by atoms with Crippen LogP contribution in [0.1, 0.15) is 28.8 Å². The number of carbonyl (C=O) groups is 2. The van der Waals surface area contributed by atoms with Crippen molar-refractivity contribution in [2.75, 3.05) is 31.0 Å². The average molecular weight is 380 g/mol. The fourth-order valence-electron chi connectivity index (χ4n) is 3.33. The first kappa shape index (κ1) is 19.5. The lowest BCUT2D eigenvalue weighted by Gasteiger charge is -2.16. The molecular weight excluding hydrogens is 356 g/mol. The van der Waals surface area contributed by atoms with Crippen LogP contribution in [0.2, 0.25) is 0 Å². The van der Waals surface area contributed by atoms with Crippen LogP contribution < -0.4 is 19.7 Å². The molecule has 2 aromatic rings. The smallest absolute Gasteiger partial charge is 0.255 e. The Kier molecular flexibility index (Phi) is 5.99. The van der Waals surface area contributed by atoms with Crippen LogP contribution in [0, 0.1) is 0 Å².